The highest BCUT2D eigenvalue weighted by molar-refractivity contribution is 6.31. The number of carbonyl (C=O) groups is 3. The molecule has 184 valence electrons. The first kappa shape index (κ1) is 26.7. The Bertz CT molecular complexity index is 1140. The Morgan fingerprint density at radius 1 is 1.03 bits per heavy atom. The Morgan fingerprint density at radius 2 is 1.68 bits per heavy atom. The summed E-state index contributed by atoms with van der Waals surface area (Å²) in [5.74, 6) is -5.27. The van der Waals surface area contributed by atoms with Crippen molar-refractivity contribution in [1.29, 1.82) is 0 Å². The van der Waals surface area contributed by atoms with Gasteiger partial charge >= 0.3 is 5.97 Å². The molecule has 0 radical (unpaired) electrons. The molecule has 1 aliphatic rings. The number of amides is 2. The van der Waals surface area contributed by atoms with Crippen LogP contribution in [-0.2, 0) is 11.3 Å². The molecule has 0 atom stereocenters. The number of carboxylic acids is 1. The first-order valence-electron chi connectivity index (χ1n) is 10.4. The van der Waals surface area contributed by atoms with E-state index in [1.807, 2.05) is 5.32 Å². The van der Waals surface area contributed by atoms with Gasteiger partial charge in [0.2, 0.25) is 5.88 Å². The highest BCUT2D eigenvalue weighted by Crippen LogP contribution is 2.30. The fraction of sp³-hybridized carbons (Fsp3) is 0.364. The summed E-state index contributed by atoms with van der Waals surface area (Å²) >= 11 is 6.16. The Kier molecular flexibility index (Phi) is 9.04. The lowest BCUT2D eigenvalue weighted by Crippen LogP contribution is -2.39. The van der Waals surface area contributed by atoms with Gasteiger partial charge in [0, 0.05) is 11.1 Å². The minimum atomic E-state index is -1.37. The maximum atomic E-state index is 13.0. The van der Waals surface area contributed by atoms with Crippen LogP contribution < -0.4 is 22.3 Å². The van der Waals surface area contributed by atoms with Crippen LogP contribution in [0.25, 0.3) is 0 Å². The molecule has 12 heteroatoms. The van der Waals surface area contributed by atoms with Crippen molar-refractivity contribution in [1.82, 2.24) is 21.4 Å². The van der Waals surface area contributed by atoms with E-state index in [1.165, 1.54) is 0 Å². The molecule has 1 aromatic heterocycles. The Morgan fingerprint density at radius 3 is 2.29 bits per heavy atom. The van der Waals surface area contributed by atoms with E-state index in [0.717, 1.165) is 36.7 Å². The van der Waals surface area contributed by atoms with Crippen LogP contribution >= 0.6 is 11.6 Å². The van der Waals surface area contributed by atoms with Crippen LogP contribution in [0.2, 0.25) is 5.02 Å². The lowest BCUT2D eigenvalue weighted by Gasteiger charge is -2.24. The highest BCUT2D eigenvalue weighted by atomic mass is 35.5. The summed E-state index contributed by atoms with van der Waals surface area (Å²) in [6.07, 6.45) is 4.31. The molecule has 0 unspecified atom stereocenters. The zero-order valence-electron chi connectivity index (χ0n) is 18.3. The monoisotopic (exact) mass is 494 g/mol. The van der Waals surface area contributed by atoms with E-state index in [0.29, 0.717) is 5.56 Å². The third-order valence-electron chi connectivity index (χ3n) is 5.49. The molecule has 11 nitrogen and oxygen atoms in total. The third-order valence-corrected chi connectivity index (χ3v) is 5.86. The molecule has 0 aliphatic heterocycles. The number of hydrogen-bond donors (Lipinski definition) is 6. The first-order chi connectivity index (χ1) is 15.7. The number of aromatic hydroxyl groups is 2. The average Bonchev–Trinajstić information content (AvgIpc) is 2.77. The molecular formula is C22H27ClN4O7. The number of benzene rings is 1. The van der Waals surface area contributed by atoms with Crippen molar-refractivity contribution in [3.63, 3.8) is 0 Å². The fourth-order valence-corrected chi connectivity index (χ4v) is 4.00. The van der Waals surface area contributed by atoms with Gasteiger partial charge in [-0.2, -0.15) is 0 Å². The molecule has 2 amide bonds. The van der Waals surface area contributed by atoms with Crippen molar-refractivity contribution >= 4 is 29.4 Å². The van der Waals surface area contributed by atoms with E-state index >= 15 is 0 Å². The van der Waals surface area contributed by atoms with E-state index in [2.05, 4.69) is 5.32 Å². The van der Waals surface area contributed by atoms with E-state index in [4.69, 9.17) is 16.7 Å². The predicted octanol–water partition coefficient (Wildman–Crippen LogP) is 2.00. The van der Waals surface area contributed by atoms with Crippen LogP contribution in [0.3, 0.4) is 0 Å². The largest absolute Gasteiger partial charge is 0.506 e. The number of pyridine rings is 1. The second kappa shape index (κ2) is 11.5. The van der Waals surface area contributed by atoms with Crippen LogP contribution in [0.15, 0.2) is 29.1 Å². The molecule has 8 N–H and O–H groups in total. The number of aromatic nitrogens is 1. The van der Waals surface area contributed by atoms with Crippen molar-refractivity contribution in [2.24, 2.45) is 0 Å². The number of aliphatic carboxylic acids is 1. The number of halogens is 1. The fourth-order valence-electron chi connectivity index (χ4n) is 3.80. The molecule has 1 fully saturated rings. The summed E-state index contributed by atoms with van der Waals surface area (Å²) in [4.78, 5) is 49.4. The van der Waals surface area contributed by atoms with Crippen LogP contribution in [-0.4, -0.2) is 50.3 Å². The molecule has 3 rings (SSSR count). The maximum absolute atomic E-state index is 13.0. The van der Waals surface area contributed by atoms with Gasteiger partial charge in [0.15, 0.2) is 5.75 Å². The van der Waals surface area contributed by atoms with Crippen molar-refractivity contribution < 1.29 is 29.7 Å². The van der Waals surface area contributed by atoms with Gasteiger partial charge in [0.05, 0.1) is 6.54 Å². The molecular weight excluding hydrogens is 468 g/mol. The van der Waals surface area contributed by atoms with E-state index in [1.54, 1.807) is 24.3 Å². The van der Waals surface area contributed by atoms with Crippen molar-refractivity contribution in [3.8, 4) is 11.6 Å². The Labute approximate surface area is 199 Å². The molecule has 34 heavy (non-hydrogen) atoms. The minimum Gasteiger partial charge on any atom is -0.506 e. The smallest absolute Gasteiger partial charge is 0.322 e. The summed E-state index contributed by atoms with van der Waals surface area (Å²) < 4.78 is 0.742. The Balaban J connectivity index is 0.00000408. The molecule has 1 saturated carbocycles. The number of nitrogens with zero attached hydrogens (tertiary/aromatic N) is 1. The summed E-state index contributed by atoms with van der Waals surface area (Å²) in [5.41, 5.74) is -2.19. The van der Waals surface area contributed by atoms with Crippen molar-refractivity contribution in [2.75, 3.05) is 6.54 Å². The second-order valence-corrected chi connectivity index (χ2v) is 8.20. The molecule has 2 aromatic rings. The van der Waals surface area contributed by atoms with Crippen LogP contribution in [0, 0.1) is 0 Å². The highest BCUT2D eigenvalue weighted by Gasteiger charge is 2.31. The quantitative estimate of drug-likeness (QED) is 0.336. The number of carbonyl (C=O) groups excluding carboxylic acids is 2. The SMILES string of the molecule is N.O=C(O)CNC(=O)c1c(O)c(C(=O)NC2CCCCC2)c(O)n(Cc2ccccc2Cl)c1=O. The summed E-state index contributed by atoms with van der Waals surface area (Å²) in [6, 6.07) is 6.29. The molecule has 1 aliphatic carbocycles. The van der Waals surface area contributed by atoms with Crippen molar-refractivity contribution in [2.45, 2.75) is 44.7 Å². The predicted molar refractivity (Wildman–Crippen MR) is 124 cm³/mol. The van der Waals surface area contributed by atoms with E-state index in [9.17, 15) is 29.4 Å². The third kappa shape index (κ3) is 5.86. The van der Waals surface area contributed by atoms with Gasteiger partial charge in [0.1, 0.15) is 17.7 Å². The van der Waals surface area contributed by atoms with E-state index < -0.39 is 52.6 Å². The van der Waals surface area contributed by atoms with Gasteiger partial charge in [0.25, 0.3) is 17.4 Å². The van der Waals surface area contributed by atoms with Gasteiger partial charge in [-0.1, -0.05) is 49.1 Å². The summed E-state index contributed by atoms with van der Waals surface area (Å²) in [6.45, 7) is -1.11. The number of hydrogen-bond acceptors (Lipinski definition) is 7. The summed E-state index contributed by atoms with van der Waals surface area (Å²) in [7, 11) is 0. The second-order valence-electron chi connectivity index (χ2n) is 7.79. The lowest BCUT2D eigenvalue weighted by atomic mass is 9.95. The Hall–Kier alpha value is -3.57. The van der Waals surface area contributed by atoms with Crippen LogP contribution in [0.5, 0.6) is 11.6 Å². The van der Waals surface area contributed by atoms with Gasteiger partial charge in [-0.3, -0.25) is 23.7 Å². The molecule has 1 aromatic carbocycles. The maximum Gasteiger partial charge on any atom is 0.322 e. The van der Waals surface area contributed by atoms with Crippen molar-refractivity contribution in [3.05, 3.63) is 56.3 Å². The molecule has 0 spiro atoms. The zero-order valence-corrected chi connectivity index (χ0v) is 19.1. The minimum absolute atomic E-state index is 0. The zero-order chi connectivity index (χ0) is 24.1. The van der Waals surface area contributed by atoms with Gasteiger partial charge in [-0.05, 0) is 24.5 Å². The van der Waals surface area contributed by atoms with Gasteiger partial charge in [-0.15, -0.1) is 0 Å². The standard InChI is InChI=1S/C22H24ClN3O7.H3N/c23-14-9-5-4-6-12(14)11-26-21(32)16(19(30)24-10-15(27)28)18(29)17(22(26)33)20(31)25-13-7-2-1-3-8-13;/h4-6,9,13,29,33H,1-3,7-8,10-11H2,(H,24,30)(H,25,31)(H,27,28);1H3. The van der Waals surface area contributed by atoms with Gasteiger partial charge in [-0.25, -0.2) is 0 Å². The normalized spacial score (nSPS) is 13.6. The lowest BCUT2D eigenvalue weighted by molar-refractivity contribution is -0.135. The molecule has 0 bridgehead atoms. The average molecular weight is 495 g/mol. The number of rotatable bonds is 7. The van der Waals surface area contributed by atoms with Gasteiger partial charge < -0.3 is 32.1 Å². The number of nitrogens with one attached hydrogen (secondary N) is 2. The first-order valence-corrected chi connectivity index (χ1v) is 10.8. The number of carboxylic acid groups (broad SMARTS) is 1. The van der Waals surface area contributed by atoms with Crippen LogP contribution in [0.1, 0.15) is 58.4 Å². The topological polar surface area (TPSA) is 193 Å². The molecule has 1 heterocycles. The van der Waals surface area contributed by atoms with E-state index in [-0.39, 0.29) is 23.8 Å². The molecule has 0 saturated heterocycles. The summed E-state index contributed by atoms with van der Waals surface area (Å²) in [5, 5.41) is 35.3. The van der Waals surface area contributed by atoms with Crippen LogP contribution in [0.4, 0.5) is 0 Å².